The Hall–Kier alpha value is -3.72. The van der Waals surface area contributed by atoms with Gasteiger partial charge in [0.25, 0.3) is 0 Å². The SMILES string of the molecule is COc1cc2c(cc1OC)-c1c/c(=N\c3c(OC)cc(C)cc3OC)n(C3CC(N)C3)c(=O)n1CC2. The van der Waals surface area contributed by atoms with Crippen LogP contribution in [0, 0.1) is 6.92 Å². The monoisotopic (exact) mass is 492 g/mol. The molecule has 0 radical (unpaired) electrons. The lowest BCUT2D eigenvalue weighted by atomic mass is 9.87. The van der Waals surface area contributed by atoms with Gasteiger partial charge in [0.2, 0.25) is 0 Å². The van der Waals surface area contributed by atoms with Crippen LogP contribution >= 0.6 is 0 Å². The summed E-state index contributed by atoms with van der Waals surface area (Å²) in [6.07, 6.45) is 2.17. The van der Waals surface area contributed by atoms with E-state index < -0.39 is 0 Å². The van der Waals surface area contributed by atoms with Gasteiger partial charge < -0.3 is 24.7 Å². The van der Waals surface area contributed by atoms with Crippen molar-refractivity contribution in [3.63, 3.8) is 0 Å². The molecule has 190 valence electrons. The molecule has 2 aromatic carbocycles. The van der Waals surface area contributed by atoms with Crippen LogP contribution in [0.25, 0.3) is 11.3 Å². The van der Waals surface area contributed by atoms with Crippen LogP contribution < -0.4 is 35.9 Å². The van der Waals surface area contributed by atoms with Crippen molar-refractivity contribution in [1.82, 2.24) is 9.13 Å². The molecular weight excluding hydrogens is 460 g/mol. The van der Waals surface area contributed by atoms with Gasteiger partial charge in [0.05, 0.1) is 34.1 Å². The van der Waals surface area contributed by atoms with E-state index in [9.17, 15) is 4.79 Å². The molecule has 1 aliphatic carbocycles. The molecule has 0 spiro atoms. The highest BCUT2D eigenvalue weighted by Gasteiger charge is 2.31. The highest BCUT2D eigenvalue weighted by Crippen LogP contribution is 2.40. The first kappa shape index (κ1) is 24.0. The fourth-order valence-corrected chi connectivity index (χ4v) is 5.16. The maximum atomic E-state index is 13.9. The van der Waals surface area contributed by atoms with E-state index in [0.29, 0.717) is 47.1 Å². The van der Waals surface area contributed by atoms with Gasteiger partial charge in [-0.05, 0) is 61.6 Å². The predicted octanol–water partition coefficient (Wildman–Crippen LogP) is 3.11. The molecule has 1 saturated carbocycles. The van der Waals surface area contributed by atoms with Gasteiger partial charge in [0, 0.05) is 30.3 Å². The lowest BCUT2D eigenvalue weighted by Gasteiger charge is -2.35. The van der Waals surface area contributed by atoms with Crippen molar-refractivity contribution in [1.29, 1.82) is 0 Å². The number of aromatic nitrogens is 2. The average molecular weight is 493 g/mol. The number of nitrogens with zero attached hydrogens (tertiary/aromatic N) is 3. The molecule has 2 heterocycles. The van der Waals surface area contributed by atoms with Gasteiger partial charge in [0.1, 0.15) is 22.7 Å². The molecule has 9 nitrogen and oxygen atoms in total. The maximum absolute atomic E-state index is 13.9. The first-order chi connectivity index (χ1) is 17.4. The Kier molecular flexibility index (Phi) is 6.26. The zero-order chi connectivity index (χ0) is 25.6. The van der Waals surface area contributed by atoms with Crippen LogP contribution in [0.5, 0.6) is 23.0 Å². The van der Waals surface area contributed by atoms with Crippen LogP contribution in [0.2, 0.25) is 0 Å². The number of aryl methyl sites for hydroxylation is 2. The van der Waals surface area contributed by atoms with Crippen molar-refractivity contribution < 1.29 is 18.9 Å². The number of hydrogen-bond donors (Lipinski definition) is 1. The van der Waals surface area contributed by atoms with Crippen molar-refractivity contribution in [2.75, 3.05) is 28.4 Å². The molecule has 0 bridgehead atoms. The number of benzene rings is 2. The van der Waals surface area contributed by atoms with Gasteiger partial charge in [-0.2, -0.15) is 0 Å². The van der Waals surface area contributed by atoms with Crippen LogP contribution in [0.3, 0.4) is 0 Å². The number of hydrogen-bond acceptors (Lipinski definition) is 7. The van der Waals surface area contributed by atoms with Crippen molar-refractivity contribution in [2.45, 2.75) is 44.8 Å². The first-order valence-electron chi connectivity index (χ1n) is 12.0. The summed E-state index contributed by atoms with van der Waals surface area (Å²) in [7, 11) is 6.43. The molecular formula is C27H32N4O5. The van der Waals surface area contributed by atoms with Gasteiger partial charge in [-0.3, -0.25) is 9.13 Å². The molecule has 2 aliphatic rings. The van der Waals surface area contributed by atoms with E-state index in [0.717, 1.165) is 35.2 Å². The van der Waals surface area contributed by atoms with Crippen LogP contribution in [0.15, 0.2) is 40.1 Å². The molecule has 1 fully saturated rings. The fourth-order valence-electron chi connectivity index (χ4n) is 5.16. The molecule has 3 aromatic rings. The standard InChI is InChI=1S/C27H32N4O5/c1-15-8-23(35-4)26(24(9-15)36-5)29-25-14-20-19-13-22(34-3)21(33-2)10-16(19)6-7-30(20)27(32)31(25)18-11-17(28)12-18/h8-10,13-14,17-18H,6-7,11-12,28H2,1-5H3/b29-25+. The smallest absolute Gasteiger partial charge is 0.330 e. The Balaban J connectivity index is 1.81. The highest BCUT2D eigenvalue weighted by atomic mass is 16.5. The number of rotatable bonds is 6. The highest BCUT2D eigenvalue weighted by molar-refractivity contribution is 5.70. The van der Waals surface area contributed by atoms with E-state index in [1.54, 1.807) is 33.0 Å². The zero-order valence-electron chi connectivity index (χ0n) is 21.3. The van der Waals surface area contributed by atoms with Crippen molar-refractivity contribution in [3.8, 4) is 34.3 Å². The summed E-state index contributed by atoms with van der Waals surface area (Å²) in [5, 5.41) is 0. The summed E-state index contributed by atoms with van der Waals surface area (Å²) in [5.41, 5.74) is 10.9. The molecule has 0 unspecified atom stereocenters. The van der Waals surface area contributed by atoms with E-state index in [1.165, 1.54) is 0 Å². The third-order valence-corrected chi connectivity index (χ3v) is 7.10. The quantitative estimate of drug-likeness (QED) is 0.567. The lowest BCUT2D eigenvalue weighted by molar-refractivity contribution is 0.247. The summed E-state index contributed by atoms with van der Waals surface area (Å²) in [5.74, 6) is 2.43. The van der Waals surface area contributed by atoms with Crippen LogP contribution in [-0.2, 0) is 13.0 Å². The van der Waals surface area contributed by atoms with Crippen LogP contribution in [0.4, 0.5) is 5.69 Å². The van der Waals surface area contributed by atoms with Gasteiger partial charge >= 0.3 is 5.69 Å². The minimum absolute atomic E-state index is 0.0155. The number of methoxy groups -OCH3 is 4. The summed E-state index contributed by atoms with van der Waals surface area (Å²) >= 11 is 0. The third kappa shape index (κ3) is 3.93. The van der Waals surface area contributed by atoms with Gasteiger partial charge in [-0.1, -0.05) is 0 Å². The van der Waals surface area contributed by atoms with Crippen molar-refractivity contribution in [2.24, 2.45) is 10.7 Å². The first-order valence-corrected chi connectivity index (χ1v) is 12.0. The second-order valence-electron chi connectivity index (χ2n) is 9.32. The van der Waals surface area contributed by atoms with Gasteiger partial charge in [-0.25, -0.2) is 9.79 Å². The molecule has 0 saturated heterocycles. The van der Waals surface area contributed by atoms with Gasteiger partial charge in [0.15, 0.2) is 11.5 Å². The zero-order valence-corrected chi connectivity index (χ0v) is 21.3. The van der Waals surface area contributed by atoms with Crippen molar-refractivity contribution in [3.05, 3.63) is 57.4 Å². The van der Waals surface area contributed by atoms with Crippen molar-refractivity contribution >= 4 is 5.69 Å². The van der Waals surface area contributed by atoms with E-state index in [-0.39, 0.29) is 17.8 Å². The minimum Gasteiger partial charge on any atom is -0.494 e. The Morgan fingerprint density at radius 3 is 2.08 bits per heavy atom. The molecule has 0 atom stereocenters. The van der Waals surface area contributed by atoms with Crippen LogP contribution in [-0.4, -0.2) is 43.6 Å². The fraction of sp³-hybridized carbons (Fsp3) is 0.407. The second-order valence-corrected chi connectivity index (χ2v) is 9.32. The molecule has 1 aromatic heterocycles. The maximum Gasteiger partial charge on any atom is 0.330 e. The Bertz CT molecular complexity index is 1420. The number of nitrogens with two attached hydrogens (primary N) is 1. The van der Waals surface area contributed by atoms with E-state index in [4.69, 9.17) is 29.7 Å². The van der Waals surface area contributed by atoms with Gasteiger partial charge in [-0.15, -0.1) is 0 Å². The molecule has 0 amide bonds. The normalized spacial score (nSPS) is 18.7. The summed E-state index contributed by atoms with van der Waals surface area (Å²) in [6, 6.07) is 9.75. The molecule has 1 aliphatic heterocycles. The number of ether oxygens (including phenoxy) is 4. The number of fused-ring (bicyclic) bond motifs is 3. The molecule has 5 rings (SSSR count). The molecule has 9 heteroatoms. The predicted molar refractivity (Wildman–Crippen MR) is 137 cm³/mol. The largest absolute Gasteiger partial charge is 0.494 e. The minimum atomic E-state index is -0.103. The Morgan fingerprint density at radius 2 is 1.50 bits per heavy atom. The van der Waals surface area contributed by atoms with E-state index in [1.807, 2.05) is 41.8 Å². The Labute approximate surface area is 209 Å². The van der Waals surface area contributed by atoms with Crippen LogP contribution in [0.1, 0.15) is 30.0 Å². The summed E-state index contributed by atoms with van der Waals surface area (Å²) in [6.45, 7) is 2.53. The molecule has 2 N–H and O–H groups in total. The topological polar surface area (TPSA) is 102 Å². The Morgan fingerprint density at radius 1 is 0.889 bits per heavy atom. The summed E-state index contributed by atoms with van der Waals surface area (Å²) in [4.78, 5) is 18.9. The third-order valence-electron chi connectivity index (χ3n) is 7.10. The van der Waals surface area contributed by atoms with E-state index in [2.05, 4.69) is 0 Å². The molecule has 36 heavy (non-hydrogen) atoms. The second kappa shape index (κ2) is 9.39. The lowest BCUT2D eigenvalue weighted by Crippen LogP contribution is -2.50. The average Bonchev–Trinajstić information content (AvgIpc) is 2.86. The van der Waals surface area contributed by atoms with E-state index >= 15 is 0 Å². The summed E-state index contributed by atoms with van der Waals surface area (Å²) < 4.78 is 25.9.